The zero-order valence-electron chi connectivity index (χ0n) is 15.5. The first-order valence-corrected chi connectivity index (χ1v) is 8.87. The van der Waals surface area contributed by atoms with Crippen LogP contribution in [-0.2, 0) is 4.74 Å². The van der Waals surface area contributed by atoms with Gasteiger partial charge in [0, 0.05) is 25.7 Å². The van der Waals surface area contributed by atoms with Gasteiger partial charge in [-0.05, 0) is 23.8 Å². The van der Waals surface area contributed by atoms with Crippen molar-refractivity contribution in [2.75, 3.05) is 45.3 Å². The molecule has 0 bridgehead atoms. The molecule has 1 aromatic heterocycles. The fraction of sp³-hybridized carbons (Fsp3) is 0.368. The third kappa shape index (κ3) is 4.54. The lowest BCUT2D eigenvalue weighted by Gasteiger charge is -2.35. The molecule has 0 spiro atoms. The molecule has 1 atom stereocenters. The van der Waals surface area contributed by atoms with E-state index in [4.69, 9.17) is 14.7 Å². The van der Waals surface area contributed by atoms with Gasteiger partial charge in [0.05, 0.1) is 31.3 Å². The largest absolute Gasteiger partial charge is 0.497 e. The molecule has 1 aliphatic heterocycles. The highest BCUT2D eigenvalue weighted by atomic mass is 16.6. The van der Waals surface area contributed by atoms with Crippen molar-refractivity contribution in [3.05, 3.63) is 57.8 Å². The normalized spacial score (nSPS) is 15.4. The second-order valence-corrected chi connectivity index (χ2v) is 6.25. The fourth-order valence-corrected chi connectivity index (χ4v) is 3.15. The number of morpholine rings is 1. The van der Waals surface area contributed by atoms with E-state index in [1.807, 2.05) is 24.3 Å². The Morgan fingerprint density at radius 3 is 2.64 bits per heavy atom. The summed E-state index contributed by atoms with van der Waals surface area (Å²) in [6.07, 6.45) is 0. The zero-order valence-corrected chi connectivity index (χ0v) is 15.5. The van der Waals surface area contributed by atoms with Crippen molar-refractivity contribution in [3.8, 4) is 11.8 Å². The number of hydrogen-bond donors (Lipinski definition) is 1. The average Bonchev–Trinajstić information content (AvgIpc) is 2.74. The first kappa shape index (κ1) is 19.5. The van der Waals surface area contributed by atoms with Gasteiger partial charge < -0.3 is 14.8 Å². The van der Waals surface area contributed by atoms with Crippen LogP contribution in [0.2, 0.25) is 0 Å². The summed E-state index contributed by atoms with van der Waals surface area (Å²) in [5.41, 5.74) is 0.605. The molecule has 28 heavy (non-hydrogen) atoms. The molecular weight excluding hydrogens is 362 g/mol. The Labute approximate surface area is 162 Å². The molecule has 0 amide bonds. The molecule has 1 saturated heterocycles. The number of nitriles is 1. The molecule has 0 aliphatic carbocycles. The Kier molecular flexibility index (Phi) is 6.37. The van der Waals surface area contributed by atoms with Gasteiger partial charge in [0.1, 0.15) is 17.6 Å². The summed E-state index contributed by atoms with van der Waals surface area (Å²) in [6, 6.07) is 12.5. The lowest BCUT2D eigenvalue weighted by Crippen LogP contribution is -2.41. The van der Waals surface area contributed by atoms with Crippen LogP contribution in [0.15, 0.2) is 36.4 Å². The molecule has 3 rings (SSSR count). The van der Waals surface area contributed by atoms with Gasteiger partial charge in [-0.2, -0.15) is 5.26 Å². The van der Waals surface area contributed by atoms with Crippen molar-refractivity contribution in [2.24, 2.45) is 0 Å². The van der Waals surface area contributed by atoms with Crippen LogP contribution >= 0.6 is 0 Å². The van der Waals surface area contributed by atoms with Gasteiger partial charge in [0.15, 0.2) is 0 Å². The van der Waals surface area contributed by atoms with Crippen molar-refractivity contribution < 1.29 is 14.4 Å². The van der Waals surface area contributed by atoms with Crippen LogP contribution in [0.3, 0.4) is 0 Å². The molecule has 2 aromatic rings. The number of pyridine rings is 1. The van der Waals surface area contributed by atoms with E-state index in [1.54, 1.807) is 13.2 Å². The highest BCUT2D eigenvalue weighted by molar-refractivity contribution is 5.50. The van der Waals surface area contributed by atoms with Crippen LogP contribution in [0, 0.1) is 21.4 Å². The SMILES string of the molecule is COc1ccc(C(CNc2ccc([N+](=O)[O-])c(C#N)n2)N2CCOCC2)cc1. The molecule has 0 radical (unpaired) electrons. The minimum Gasteiger partial charge on any atom is -0.497 e. The van der Waals surface area contributed by atoms with E-state index in [-0.39, 0.29) is 17.4 Å². The minimum absolute atomic E-state index is 0.0531. The number of ether oxygens (including phenoxy) is 2. The Morgan fingerprint density at radius 2 is 2.04 bits per heavy atom. The molecule has 1 unspecified atom stereocenters. The van der Waals surface area contributed by atoms with Crippen molar-refractivity contribution in [2.45, 2.75) is 6.04 Å². The minimum atomic E-state index is -0.608. The third-order valence-electron chi connectivity index (χ3n) is 4.64. The predicted molar refractivity (Wildman–Crippen MR) is 102 cm³/mol. The van der Waals surface area contributed by atoms with Crippen LogP contribution in [-0.4, -0.2) is 54.8 Å². The first-order chi connectivity index (χ1) is 13.6. The summed E-state index contributed by atoms with van der Waals surface area (Å²) in [4.78, 5) is 16.7. The number of hydrogen-bond acceptors (Lipinski definition) is 8. The molecule has 9 nitrogen and oxygen atoms in total. The number of anilines is 1. The summed E-state index contributed by atoms with van der Waals surface area (Å²) in [5, 5.41) is 23.3. The quantitative estimate of drug-likeness (QED) is 0.572. The van der Waals surface area contributed by atoms with E-state index in [9.17, 15) is 10.1 Å². The number of nitrogens with one attached hydrogen (secondary N) is 1. The number of benzene rings is 1. The summed E-state index contributed by atoms with van der Waals surface area (Å²) < 4.78 is 10.7. The van der Waals surface area contributed by atoms with Gasteiger partial charge in [-0.25, -0.2) is 4.98 Å². The number of aromatic nitrogens is 1. The van der Waals surface area contributed by atoms with E-state index < -0.39 is 4.92 Å². The van der Waals surface area contributed by atoms with E-state index in [1.165, 1.54) is 12.1 Å². The van der Waals surface area contributed by atoms with Crippen LogP contribution in [0.5, 0.6) is 5.75 Å². The molecular formula is C19H21N5O4. The third-order valence-corrected chi connectivity index (χ3v) is 4.64. The average molecular weight is 383 g/mol. The molecule has 9 heteroatoms. The Morgan fingerprint density at radius 1 is 1.32 bits per heavy atom. The Balaban J connectivity index is 1.79. The number of nitrogens with zero attached hydrogens (tertiary/aromatic N) is 4. The Hall–Kier alpha value is -3.22. The van der Waals surface area contributed by atoms with Crippen LogP contribution < -0.4 is 10.1 Å². The van der Waals surface area contributed by atoms with Gasteiger partial charge in [-0.15, -0.1) is 0 Å². The molecule has 146 valence electrons. The molecule has 1 aromatic carbocycles. The number of rotatable bonds is 7. The molecule has 1 N–H and O–H groups in total. The number of methoxy groups -OCH3 is 1. The van der Waals surface area contributed by atoms with Crippen molar-refractivity contribution in [1.29, 1.82) is 5.26 Å². The lowest BCUT2D eigenvalue weighted by molar-refractivity contribution is -0.385. The lowest BCUT2D eigenvalue weighted by atomic mass is 10.0. The molecule has 1 aliphatic rings. The predicted octanol–water partition coefficient (Wildman–Crippen LogP) is 2.36. The zero-order chi connectivity index (χ0) is 19.9. The van der Waals surface area contributed by atoms with Crippen molar-refractivity contribution in [1.82, 2.24) is 9.88 Å². The maximum atomic E-state index is 11.0. The standard InChI is InChI=1S/C19H21N5O4/c1-27-15-4-2-14(3-5-15)18(23-8-10-28-11-9-23)13-21-19-7-6-17(24(25)26)16(12-20)22-19/h2-7,18H,8-11,13H2,1H3,(H,21,22). The topological polar surface area (TPSA) is 114 Å². The van der Waals surface area contributed by atoms with E-state index in [0.29, 0.717) is 25.6 Å². The first-order valence-electron chi connectivity index (χ1n) is 8.87. The molecule has 2 heterocycles. The summed E-state index contributed by atoms with van der Waals surface area (Å²) >= 11 is 0. The summed E-state index contributed by atoms with van der Waals surface area (Å²) in [7, 11) is 1.63. The van der Waals surface area contributed by atoms with Gasteiger partial charge in [0.25, 0.3) is 0 Å². The van der Waals surface area contributed by atoms with Crippen LogP contribution in [0.25, 0.3) is 0 Å². The highest BCUT2D eigenvalue weighted by Gasteiger charge is 2.23. The van der Waals surface area contributed by atoms with Gasteiger partial charge in [-0.3, -0.25) is 15.0 Å². The second-order valence-electron chi connectivity index (χ2n) is 6.25. The smallest absolute Gasteiger partial charge is 0.305 e. The maximum Gasteiger partial charge on any atom is 0.305 e. The number of nitro groups is 1. The van der Waals surface area contributed by atoms with Gasteiger partial charge in [-0.1, -0.05) is 12.1 Å². The second kappa shape index (κ2) is 9.12. The van der Waals surface area contributed by atoms with Crippen molar-refractivity contribution >= 4 is 11.5 Å². The molecule has 0 saturated carbocycles. The summed E-state index contributed by atoms with van der Waals surface area (Å²) in [6.45, 7) is 3.47. The molecule has 1 fully saturated rings. The monoisotopic (exact) mass is 383 g/mol. The highest BCUT2D eigenvalue weighted by Crippen LogP contribution is 2.25. The van der Waals surface area contributed by atoms with Gasteiger partial charge in [0.2, 0.25) is 5.69 Å². The van der Waals surface area contributed by atoms with E-state index >= 15 is 0 Å². The fourth-order valence-electron chi connectivity index (χ4n) is 3.15. The van der Waals surface area contributed by atoms with Crippen LogP contribution in [0.4, 0.5) is 11.5 Å². The maximum absolute atomic E-state index is 11.0. The van der Waals surface area contributed by atoms with E-state index in [2.05, 4.69) is 15.2 Å². The Bertz CT molecular complexity index is 860. The van der Waals surface area contributed by atoms with Crippen molar-refractivity contribution in [3.63, 3.8) is 0 Å². The van der Waals surface area contributed by atoms with E-state index in [0.717, 1.165) is 24.4 Å². The summed E-state index contributed by atoms with van der Waals surface area (Å²) in [5.74, 6) is 1.21. The van der Waals surface area contributed by atoms with Crippen LogP contribution in [0.1, 0.15) is 17.3 Å². The van der Waals surface area contributed by atoms with Gasteiger partial charge >= 0.3 is 5.69 Å².